The number of hydrogen-bond donors (Lipinski definition) is 2. The zero-order valence-corrected chi connectivity index (χ0v) is 15.4. The number of urea groups is 1. The number of hydrogen-bond acceptors (Lipinski definition) is 2. The van der Waals surface area contributed by atoms with E-state index in [9.17, 15) is 9.59 Å². The summed E-state index contributed by atoms with van der Waals surface area (Å²) in [6.07, 6.45) is 1.95. The van der Waals surface area contributed by atoms with Gasteiger partial charge in [-0.2, -0.15) is 0 Å². The molecule has 1 saturated carbocycles. The van der Waals surface area contributed by atoms with Crippen LogP contribution in [-0.4, -0.2) is 23.9 Å². The van der Waals surface area contributed by atoms with Crippen molar-refractivity contribution in [3.63, 3.8) is 0 Å². The standard InChI is InChI=1S/C20H22ClN3O2/c1-24(13-15-5-2-6-17(21)10-15)20(26)22-12-14-4-3-7-18(11-14)23-19(25)16-8-9-16/h2-7,10-11,16H,8-9,12-13H2,1H3,(H,22,26)(H,23,25). The fourth-order valence-electron chi connectivity index (χ4n) is 2.64. The van der Waals surface area contributed by atoms with Gasteiger partial charge in [0.2, 0.25) is 5.91 Å². The van der Waals surface area contributed by atoms with Gasteiger partial charge in [0, 0.05) is 36.8 Å². The lowest BCUT2D eigenvalue weighted by Crippen LogP contribution is -2.36. The maximum atomic E-state index is 12.3. The highest BCUT2D eigenvalue weighted by Crippen LogP contribution is 2.30. The maximum Gasteiger partial charge on any atom is 0.317 e. The van der Waals surface area contributed by atoms with Gasteiger partial charge in [0.05, 0.1) is 0 Å². The highest BCUT2D eigenvalue weighted by Gasteiger charge is 2.29. The van der Waals surface area contributed by atoms with E-state index < -0.39 is 0 Å². The second-order valence-electron chi connectivity index (χ2n) is 6.61. The van der Waals surface area contributed by atoms with Crippen molar-refractivity contribution in [3.05, 3.63) is 64.7 Å². The Hall–Kier alpha value is -2.53. The zero-order chi connectivity index (χ0) is 18.5. The van der Waals surface area contributed by atoms with Crippen molar-refractivity contribution in [3.8, 4) is 0 Å². The van der Waals surface area contributed by atoms with Gasteiger partial charge in [-0.25, -0.2) is 4.79 Å². The predicted molar refractivity (Wildman–Crippen MR) is 103 cm³/mol. The molecule has 0 spiro atoms. The van der Waals surface area contributed by atoms with Gasteiger partial charge < -0.3 is 15.5 Å². The Morgan fingerprint density at radius 1 is 1.12 bits per heavy atom. The van der Waals surface area contributed by atoms with Crippen LogP contribution in [0.25, 0.3) is 0 Å². The predicted octanol–water partition coefficient (Wildman–Crippen LogP) is 4.03. The first-order chi connectivity index (χ1) is 12.5. The van der Waals surface area contributed by atoms with Gasteiger partial charge in [-0.05, 0) is 48.2 Å². The van der Waals surface area contributed by atoms with Gasteiger partial charge in [-0.3, -0.25) is 4.79 Å². The van der Waals surface area contributed by atoms with Crippen LogP contribution < -0.4 is 10.6 Å². The summed E-state index contributed by atoms with van der Waals surface area (Å²) in [6.45, 7) is 0.871. The van der Waals surface area contributed by atoms with Crippen LogP contribution in [0.3, 0.4) is 0 Å². The van der Waals surface area contributed by atoms with Crippen molar-refractivity contribution >= 4 is 29.2 Å². The summed E-state index contributed by atoms with van der Waals surface area (Å²) in [4.78, 5) is 25.7. The SMILES string of the molecule is CN(Cc1cccc(Cl)c1)C(=O)NCc1cccc(NC(=O)C2CC2)c1. The number of benzene rings is 2. The van der Waals surface area contributed by atoms with Crippen molar-refractivity contribution in [1.29, 1.82) is 0 Å². The maximum absolute atomic E-state index is 12.3. The third kappa shape index (κ3) is 5.23. The van der Waals surface area contributed by atoms with Crippen LogP contribution in [0.15, 0.2) is 48.5 Å². The molecule has 26 heavy (non-hydrogen) atoms. The molecule has 1 aliphatic carbocycles. The van der Waals surface area contributed by atoms with Crippen LogP contribution in [-0.2, 0) is 17.9 Å². The molecule has 0 aliphatic heterocycles. The van der Waals surface area contributed by atoms with Gasteiger partial charge in [0.25, 0.3) is 0 Å². The van der Waals surface area contributed by atoms with Crippen molar-refractivity contribution in [2.75, 3.05) is 12.4 Å². The summed E-state index contributed by atoms with van der Waals surface area (Å²) in [5.41, 5.74) is 2.67. The molecule has 1 fully saturated rings. The van der Waals surface area contributed by atoms with E-state index in [1.165, 1.54) is 0 Å². The Morgan fingerprint density at radius 2 is 1.85 bits per heavy atom. The van der Waals surface area contributed by atoms with E-state index in [0.717, 1.165) is 29.7 Å². The first-order valence-corrected chi connectivity index (χ1v) is 9.02. The Kier molecular flexibility index (Phi) is 5.78. The number of halogens is 1. The summed E-state index contributed by atoms with van der Waals surface area (Å²) in [6, 6.07) is 14.8. The lowest BCUT2D eigenvalue weighted by molar-refractivity contribution is -0.117. The van der Waals surface area contributed by atoms with Gasteiger partial charge in [-0.15, -0.1) is 0 Å². The number of rotatable bonds is 6. The topological polar surface area (TPSA) is 61.4 Å². The Balaban J connectivity index is 1.51. The Labute approximate surface area is 158 Å². The molecule has 5 nitrogen and oxygen atoms in total. The molecule has 0 aromatic heterocycles. The van der Waals surface area contributed by atoms with E-state index >= 15 is 0 Å². The number of nitrogens with one attached hydrogen (secondary N) is 2. The van der Waals surface area contributed by atoms with Crippen LogP contribution in [0.1, 0.15) is 24.0 Å². The quantitative estimate of drug-likeness (QED) is 0.805. The minimum atomic E-state index is -0.169. The highest BCUT2D eigenvalue weighted by molar-refractivity contribution is 6.30. The van der Waals surface area contributed by atoms with Crippen LogP contribution in [0.2, 0.25) is 5.02 Å². The molecular weight excluding hydrogens is 350 g/mol. The lowest BCUT2D eigenvalue weighted by atomic mass is 10.2. The van der Waals surface area contributed by atoms with E-state index in [1.807, 2.05) is 42.5 Å². The molecule has 0 bridgehead atoms. The normalized spacial score (nSPS) is 13.2. The molecule has 0 saturated heterocycles. The van der Waals surface area contributed by atoms with E-state index in [0.29, 0.717) is 18.1 Å². The molecule has 1 aliphatic rings. The summed E-state index contributed by atoms with van der Waals surface area (Å²) in [5.74, 6) is 0.242. The molecule has 0 atom stereocenters. The third-order valence-electron chi connectivity index (χ3n) is 4.24. The van der Waals surface area contributed by atoms with Crippen molar-refractivity contribution in [1.82, 2.24) is 10.2 Å². The summed E-state index contributed by atoms with van der Waals surface area (Å²) >= 11 is 5.97. The fourth-order valence-corrected chi connectivity index (χ4v) is 2.86. The average Bonchev–Trinajstić information content (AvgIpc) is 3.45. The second-order valence-corrected chi connectivity index (χ2v) is 7.05. The molecular formula is C20H22ClN3O2. The number of carbonyl (C=O) groups is 2. The number of nitrogens with zero attached hydrogens (tertiary/aromatic N) is 1. The minimum absolute atomic E-state index is 0.0763. The molecule has 2 N–H and O–H groups in total. The van der Waals surface area contributed by atoms with Crippen molar-refractivity contribution < 1.29 is 9.59 Å². The Bertz CT molecular complexity index is 805. The van der Waals surface area contributed by atoms with Crippen molar-refractivity contribution in [2.24, 2.45) is 5.92 Å². The smallest absolute Gasteiger partial charge is 0.317 e. The van der Waals surface area contributed by atoms with Gasteiger partial charge in [0.1, 0.15) is 0 Å². The van der Waals surface area contributed by atoms with Crippen LogP contribution in [0.4, 0.5) is 10.5 Å². The van der Waals surface area contributed by atoms with Crippen LogP contribution in [0.5, 0.6) is 0 Å². The molecule has 3 rings (SSSR count). The third-order valence-corrected chi connectivity index (χ3v) is 4.48. The van der Waals surface area contributed by atoms with Crippen LogP contribution >= 0.6 is 11.6 Å². The van der Waals surface area contributed by atoms with Gasteiger partial charge >= 0.3 is 6.03 Å². The van der Waals surface area contributed by atoms with E-state index in [1.54, 1.807) is 18.0 Å². The second kappa shape index (κ2) is 8.23. The van der Waals surface area contributed by atoms with Gasteiger partial charge in [0.15, 0.2) is 0 Å². The molecule has 0 heterocycles. The van der Waals surface area contributed by atoms with E-state index in [-0.39, 0.29) is 17.9 Å². The fraction of sp³-hybridized carbons (Fsp3) is 0.300. The molecule has 0 radical (unpaired) electrons. The van der Waals surface area contributed by atoms with E-state index in [4.69, 9.17) is 11.6 Å². The largest absolute Gasteiger partial charge is 0.334 e. The summed E-state index contributed by atoms with van der Waals surface area (Å²) in [5, 5.41) is 6.46. The zero-order valence-electron chi connectivity index (χ0n) is 14.7. The molecule has 2 aromatic rings. The summed E-state index contributed by atoms with van der Waals surface area (Å²) < 4.78 is 0. The highest BCUT2D eigenvalue weighted by atomic mass is 35.5. The molecule has 3 amide bonds. The lowest BCUT2D eigenvalue weighted by Gasteiger charge is -2.18. The monoisotopic (exact) mass is 371 g/mol. The first kappa shape index (κ1) is 18.3. The van der Waals surface area contributed by atoms with Gasteiger partial charge in [-0.1, -0.05) is 35.9 Å². The number of amides is 3. The molecule has 2 aromatic carbocycles. The average molecular weight is 372 g/mol. The number of anilines is 1. The summed E-state index contributed by atoms with van der Waals surface area (Å²) in [7, 11) is 1.74. The first-order valence-electron chi connectivity index (χ1n) is 8.64. The molecule has 136 valence electrons. The minimum Gasteiger partial charge on any atom is -0.334 e. The molecule has 0 unspecified atom stereocenters. The van der Waals surface area contributed by atoms with Crippen LogP contribution in [0, 0.1) is 5.92 Å². The van der Waals surface area contributed by atoms with E-state index in [2.05, 4.69) is 10.6 Å². The Morgan fingerprint density at radius 3 is 2.58 bits per heavy atom. The molecule has 6 heteroatoms. The van der Waals surface area contributed by atoms with Crippen molar-refractivity contribution in [2.45, 2.75) is 25.9 Å². The number of carbonyl (C=O) groups excluding carboxylic acids is 2.